The number of hydrogen-bond acceptors (Lipinski definition) is 8. The number of fused-ring (bicyclic) bond motifs is 1. The van der Waals surface area contributed by atoms with E-state index in [-0.39, 0.29) is 12.3 Å². The zero-order chi connectivity index (χ0) is 21.8. The summed E-state index contributed by atoms with van der Waals surface area (Å²) in [6.45, 7) is 4.99. The van der Waals surface area contributed by atoms with Gasteiger partial charge >= 0.3 is 0 Å². The highest BCUT2D eigenvalue weighted by atomic mass is 32.1. The Kier molecular flexibility index (Phi) is 6.34. The lowest BCUT2D eigenvalue weighted by atomic mass is 10.1. The number of ether oxygens (including phenoxy) is 2. The number of thiazole rings is 2. The van der Waals surface area contributed by atoms with Gasteiger partial charge in [0.2, 0.25) is 5.91 Å². The van der Waals surface area contributed by atoms with Crippen molar-refractivity contribution < 1.29 is 14.3 Å². The third-order valence-electron chi connectivity index (χ3n) is 4.42. The molecule has 0 aliphatic rings. The van der Waals surface area contributed by atoms with E-state index in [9.17, 15) is 4.79 Å². The molecule has 4 rings (SSSR count). The van der Waals surface area contributed by atoms with Gasteiger partial charge in [0.1, 0.15) is 11.5 Å². The van der Waals surface area contributed by atoms with Crippen molar-refractivity contribution >= 4 is 49.1 Å². The van der Waals surface area contributed by atoms with Crippen molar-refractivity contribution in [1.82, 2.24) is 9.97 Å². The number of benzene rings is 2. The number of nitrogens with zero attached hydrogens (tertiary/aromatic N) is 2. The van der Waals surface area contributed by atoms with Crippen molar-refractivity contribution in [2.45, 2.75) is 20.3 Å². The van der Waals surface area contributed by atoms with Crippen molar-refractivity contribution in [3.63, 3.8) is 0 Å². The summed E-state index contributed by atoms with van der Waals surface area (Å²) in [6.07, 6.45) is 0.246. The highest BCUT2D eigenvalue weighted by molar-refractivity contribution is 7.22. The molecule has 2 heterocycles. The van der Waals surface area contributed by atoms with Gasteiger partial charge in [-0.3, -0.25) is 4.79 Å². The van der Waals surface area contributed by atoms with Gasteiger partial charge in [0.25, 0.3) is 0 Å². The minimum atomic E-state index is -0.130. The summed E-state index contributed by atoms with van der Waals surface area (Å²) in [5, 5.41) is 5.85. The van der Waals surface area contributed by atoms with Gasteiger partial charge in [-0.2, -0.15) is 0 Å². The van der Waals surface area contributed by atoms with Crippen LogP contribution in [0.25, 0.3) is 21.5 Å². The van der Waals surface area contributed by atoms with Gasteiger partial charge in [-0.25, -0.2) is 9.97 Å². The molecule has 0 atom stereocenters. The third-order valence-corrected chi connectivity index (χ3v) is 6.03. The Morgan fingerprint density at radius 3 is 2.74 bits per heavy atom. The predicted molar refractivity (Wildman–Crippen MR) is 126 cm³/mol. The lowest BCUT2D eigenvalue weighted by Crippen LogP contribution is -2.14. The van der Waals surface area contributed by atoms with Crippen LogP contribution in [0.5, 0.6) is 11.5 Å². The van der Waals surface area contributed by atoms with Gasteiger partial charge in [0.15, 0.2) is 10.3 Å². The van der Waals surface area contributed by atoms with E-state index < -0.39 is 0 Å². The summed E-state index contributed by atoms with van der Waals surface area (Å²) < 4.78 is 12.3. The number of nitrogens with one attached hydrogen (secondary N) is 1. The molecule has 0 aliphatic carbocycles. The summed E-state index contributed by atoms with van der Waals surface area (Å²) >= 11 is 2.79. The Morgan fingerprint density at radius 1 is 1.10 bits per heavy atom. The number of nitrogen functional groups attached to an aromatic ring is 1. The molecule has 2 aromatic carbocycles. The summed E-state index contributed by atoms with van der Waals surface area (Å²) in [5.74, 6) is 1.32. The van der Waals surface area contributed by atoms with Crippen molar-refractivity contribution in [2.24, 2.45) is 0 Å². The van der Waals surface area contributed by atoms with E-state index >= 15 is 0 Å². The highest BCUT2D eigenvalue weighted by Crippen LogP contribution is 2.35. The SMILES string of the molecule is CCOc1ccc(-c2csc(NC(=O)Cc3ccc4nc(N)sc4c3)n2)c(OCC)c1. The van der Waals surface area contributed by atoms with Crippen LogP contribution in [-0.2, 0) is 11.2 Å². The Balaban J connectivity index is 1.47. The van der Waals surface area contributed by atoms with Crippen LogP contribution in [-0.4, -0.2) is 29.1 Å². The minimum Gasteiger partial charge on any atom is -0.494 e. The fourth-order valence-electron chi connectivity index (χ4n) is 3.15. The van der Waals surface area contributed by atoms with Gasteiger partial charge in [-0.15, -0.1) is 11.3 Å². The molecule has 160 valence electrons. The molecule has 0 fully saturated rings. The molecule has 3 N–H and O–H groups in total. The molecule has 1 amide bonds. The van der Waals surface area contributed by atoms with E-state index in [2.05, 4.69) is 15.3 Å². The molecule has 0 saturated heterocycles. The topological polar surface area (TPSA) is 99.4 Å². The van der Waals surface area contributed by atoms with Crippen LogP contribution in [0.1, 0.15) is 19.4 Å². The van der Waals surface area contributed by atoms with Gasteiger partial charge in [0.05, 0.1) is 35.5 Å². The Labute approximate surface area is 187 Å². The minimum absolute atomic E-state index is 0.130. The summed E-state index contributed by atoms with van der Waals surface area (Å²) in [7, 11) is 0. The first-order chi connectivity index (χ1) is 15.1. The molecule has 31 heavy (non-hydrogen) atoms. The van der Waals surface area contributed by atoms with Crippen molar-refractivity contribution in [3.8, 4) is 22.8 Å². The zero-order valence-corrected chi connectivity index (χ0v) is 18.8. The van der Waals surface area contributed by atoms with Gasteiger partial charge in [-0.05, 0) is 43.7 Å². The molecule has 0 spiro atoms. The number of rotatable bonds is 8. The normalized spacial score (nSPS) is 10.9. The number of aromatic nitrogens is 2. The van der Waals surface area contributed by atoms with E-state index in [1.807, 2.05) is 55.6 Å². The standard InChI is InChI=1S/C22H22N4O3S2/c1-3-28-14-6-7-15(18(11-14)29-4-2)17-12-30-22(25-17)26-20(27)10-13-5-8-16-19(9-13)31-21(23)24-16/h5-9,11-12H,3-4,10H2,1-2H3,(H2,23,24)(H,25,26,27). The number of carbonyl (C=O) groups excluding carboxylic acids is 1. The van der Waals surface area contributed by atoms with Crippen LogP contribution >= 0.6 is 22.7 Å². The van der Waals surface area contributed by atoms with Crippen molar-refractivity contribution in [1.29, 1.82) is 0 Å². The zero-order valence-electron chi connectivity index (χ0n) is 17.2. The van der Waals surface area contributed by atoms with Crippen molar-refractivity contribution in [3.05, 3.63) is 47.3 Å². The predicted octanol–water partition coefficient (Wildman–Crippen LogP) is 4.98. The third kappa shape index (κ3) is 4.95. The maximum Gasteiger partial charge on any atom is 0.230 e. The monoisotopic (exact) mass is 454 g/mol. The lowest BCUT2D eigenvalue weighted by molar-refractivity contribution is -0.115. The molecule has 0 radical (unpaired) electrons. The van der Waals surface area contributed by atoms with Crippen LogP contribution in [0.4, 0.5) is 10.3 Å². The summed E-state index contributed by atoms with van der Waals surface area (Å²) in [6, 6.07) is 11.4. The fraction of sp³-hybridized carbons (Fsp3) is 0.227. The first kappa shape index (κ1) is 21.1. The second-order valence-electron chi connectivity index (χ2n) is 6.64. The lowest BCUT2D eigenvalue weighted by Gasteiger charge is -2.11. The van der Waals surface area contributed by atoms with E-state index in [1.165, 1.54) is 22.7 Å². The summed E-state index contributed by atoms with van der Waals surface area (Å²) in [4.78, 5) is 21.3. The Morgan fingerprint density at radius 2 is 1.94 bits per heavy atom. The molecule has 2 aromatic heterocycles. The van der Waals surface area contributed by atoms with Crippen LogP contribution < -0.4 is 20.5 Å². The molecule has 0 aliphatic heterocycles. The maximum absolute atomic E-state index is 12.5. The molecular weight excluding hydrogens is 432 g/mol. The first-order valence-corrected chi connectivity index (χ1v) is 11.6. The molecule has 9 heteroatoms. The average Bonchev–Trinajstić information content (AvgIpc) is 3.34. The Bertz CT molecular complexity index is 1220. The van der Waals surface area contributed by atoms with E-state index in [0.717, 1.165) is 32.8 Å². The molecule has 4 aromatic rings. The molecule has 7 nitrogen and oxygen atoms in total. The molecule has 0 saturated carbocycles. The van der Waals surface area contributed by atoms with Crippen LogP contribution in [0.15, 0.2) is 41.8 Å². The fourth-order valence-corrected chi connectivity index (χ4v) is 4.67. The Hall–Kier alpha value is -3.17. The second kappa shape index (κ2) is 9.32. The van der Waals surface area contributed by atoms with Crippen LogP contribution in [0, 0.1) is 0 Å². The smallest absolute Gasteiger partial charge is 0.230 e. The first-order valence-electron chi connectivity index (χ1n) is 9.86. The quantitative estimate of drug-likeness (QED) is 0.389. The van der Waals surface area contributed by atoms with Crippen LogP contribution in [0.3, 0.4) is 0 Å². The highest BCUT2D eigenvalue weighted by Gasteiger charge is 2.14. The maximum atomic E-state index is 12.5. The number of hydrogen-bond donors (Lipinski definition) is 2. The number of anilines is 2. The molecule has 0 bridgehead atoms. The number of amides is 1. The molecule has 0 unspecified atom stereocenters. The van der Waals surface area contributed by atoms with E-state index in [4.69, 9.17) is 15.2 Å². The van der Waals surface area contributed by atoms with Gasteiger partial charge in [-0.1, -0.05) is 17.4 Å². The van der Waals surface area contributed by atoms with Gasteiger partial charge < -0.3 is 20.5 Å². The number of nitrogens with two attached hydrogens (primary N) is 1. The number of carbonyl (C=O) groups is 1. The van der Waals surface area contributed by atoms with E-state index in [0.29, 0.717) is 29.2 Å². The van der Waals surface area contributed by atoms with E-state index in [1.54, 1.807) is 0 Å². The molecular formula is C22H22N4O3S2. The van der Waals surface area contributed by atoms with Gasteiger partial charge in [0, 0.05) is 17.0 Å². The van der Waals surface area contributed by atoms with Crippen molar-refractivity contribution in [2.75, 3.05) is 24.3 Å². The van der Waals surface area contributed by atoms with Crippen LogP contribution in [0.2, 0.25) is 0 Å². The average molecular weight is 455 g/mol. The summed E-state index contributed by atoms with van der Waals surface area (Å²) in [5.41, 5.74) is 9.10. The second-order valence-corrected chi connectivity index (χ2v) is 8.56. The largest absolute Gasteiger partial charge is 0.494 e.